The number of hydrogen-bond acceptors (Lipinski definition) is 3. The van der Waals surface area contributed by atoms with Gasteiger partial charge in [0.25, 0.3) is 0 Å². The molecule has 3 rings (SSSR count). The number of hydrogen-bond donors (Lipinski definition) is 0. The average Bonchev–Trinajstić information content (AvgIpc) is 2.58. The molecule has 0 bridgehead atoms. The third-order valence-electron chi connectivity index (χ3n) is 4.13. The summed E-state index contributed by atoms with van der Waals surface area (Å²) in [7, 11) is 0. The van der Waals surface area contributed by atoms with Crippen LogP contribution in [-0.2, 0) is 0 Å². The second-order valence-corrected chi connectivity index (χ2v) is 7.10. The molecule has 2 unspecified atom stereocenters. The van der Waals surface area contributed by atoms with Gasteiger partial charge in [0.05, 0.1) is 5.04 Å². The second kappa shape index (κ2) is 4.60. The normalized spacial score (nSPS) is 37.7. The van der Waals surface area contributed by atoms with E-state index in [1.165, 1.54) is 37.1 Å². The molecule has 0 amide bonds. The Kier molecular flexibility index (Phi) is 3.12. The highest BCUT2D eigenvalue weighted by molar-refractivity contribution is 8.15. The lowest BCUT2D eigenvalue weighted by Crippen LogP contribution is -2.31. The lowest BCUT2D eigenvalue weighted by atomic mass is 9.90. The summed E-state index contributed by atoms with van der Waals surface area (Å²) in [5.74, 6) is 0.745. The van der Waals surface area contributed by atoms with E-state index in [1.54, 1.807) is 0 Å². The summed E-state index contributed by atoms with van der Waals surface area (Å²) < 4.78 is 0.225. The van der Waals surface area contributed by atoms with Crippen LogP contribution in [0.2, 0.25) is 0 Å². The molecule has 2 atom stereocenters. The maximum atomic E-state index is 4.96. The van der Waals surface area contributed by atoms with Crippen molar-refractivity contribution in [1.82, 2.24) is 0 Å². The maximum absolute atomic E-state index is 4.96. The van der Waals surface area contributed by atoms with Crippen LogP contribution in [0, 0.1) is 5.92 Å². The van der Waals surface area contributed by atoms with Crippen molar-refractivity contribution in [3.05, 3.63) is 12.3 Å². The van der Waals surface area contributed by atoms with Crippen molar-refractivity contribution in [3.8, 4) is 0 Å². The lowest BCUT2D eigenvalue weighted by molar-refractivity contribution is 0.443. The zero-order chi connectivity index (χ0) is 11.7. The van der Waals surface area contributed by atoms with Gasteiger partial charge in [0.15, 0.2) is 0 Å². The third-order valence-corrected chi connectivity index (χ3v) is 5.65. The summed E-state index contributed by atoms with van der Waals surface area (Å²) in [5, 5.41) is 1.42. The summed E-state index contributed by atoms with van der Waals surface area (Å²) >= 11 is 2.02. The number of thioether (sulfide) groups is 1. The number of allylic oxidation sites excluding steroid dienone is 1. The number of aliphatic imine (C=N–C) groups is 2. The quantitative estimate of drug-likeness (QED) is 0.692. The fourth-order valence-corrected chi connectivity index (χ4v) is 4.43. The van der Waals surface area contributed by atoms with Gasteiger partial charge < -0.3 is 0 Å². The monoisotopic (exact) mass is 248 g/mol. The highest BCUT2D eigenvalue weighted by Gasteiger charge is 2.42. The molecule has 0 aromatic carbocycles. The standard InChI is InChI=1S/C14H20N2S/c1-14-8-5-9-15-10-12(14)16-13(17-14)11-6-3-2-4-7-11/h5,9-12H,2-4,6-8H2,1H3. The molecule has 2 aliphatic heterocycles. The minimum absolute atomic E-state index is 0.225. The first-order chi connectivity index (χ1) is 8.28. The molecular weight excluding hydrogens is 228 g/mol. The molecule has 1 aliphatic carbocycles. The van der Waals surface area contributed by atoms with Gasteiger partial charge >= 0.3 is 0 Å². The Labute approximate surface area is 108 Å². The fourth-order valence-electron chi connectivity index (χ4n) is 2.97. The first-order valence-corrected chi connectivity index (χ1v) is 7.55. The maximum Gasteiger partial charge on any atom is 0.101 e. The summed E-state index contributed by atoms with van der Waals surface area (Å²) in [4.78, 5) is 9.27. The first kappa shape index (κ1) is 11.5. The highest BCUT2D eigenvalue weighted by atomic mass is 32.2. The molecule has 1 saturated carbocycles. The molecule has 3 aliphatic rings. The lowest BCUT2D eigenvalue weighted by Gasteiger charge is -2.26. The van der Waals surface area contributed by atoms with Crippen LogP contribution in [0.4, 0.5) is 0 Å². The van der Waals surface area contributed by atoms with E-state index in [9.17, 15) is 0 Å². The van der Waals surface area contributed by atoms with E-state index in [0.717, 1.165) is 12.3 Å². The van der Waals surface area contributed by atoms with Crippen LogP contribution in [0.25, 0.3) is 0 Å². The molecule has 0 aromatic rings. The Balaban J connectivity index is 1.78. The number of fused-ring (bicyclic) bond motifs is 1. The summed E-state index contributed by atoms with van der Waals surface area (Å²) in [5.41, 5.74) is 0. The zero-order valence-electron chi connectivity index (χ0n) is 10.4. The molecule has 2 nitrogen and oxygen atoms in total. The van der Waals surface area contributed by atoms with E-state index in [0.29, 0.717) is 6.04 Å². The van der Waals surface area contributed by atoms with Crippen molar-refractivity contribution in [2.45, 2.75) is 56.2 Å². The Morgan fingerprint density at radius 2 is 2.12 bits per heavy atom. The van der Waals surface area contributed by atoms with Crippen LogP contribution in [-0.4, -0.2) is 22.0 Å². The topological polar surface area (TPSA) is 24.7 Å². The minimum Gasteiger partial charge on any atom is -0.272 e. The highest BCUT2D eigenvalue weighted by Crippen LogP contribution is 2.45. The summed E-state index contributed by atoms with van der Waals surface area (Å²) in [6, 6.07) is 0.291. The van der Waals surface area contributed by atoms with Crippen molar-refractivity contribution in [2.75, 3.05) is 0 Å². The van der Waals surface area contributed by atoms with Gasteiger partial charge in [0.1, 0.15) is 6.04 Å². The van der Waals surface area contributed by atoms with Crippen LogP contribution in [0.3, 0.4) is 0 Å². The predicted molar refractivity (Wildman–Crippen MR) is 76.0 cm³/mol. The van der Waals surface area contributed by atoms with E-state index in [4.69, 9.17) is 4.99 Å². The largest absolute Gasteiger partial charge is 0.272 e. The van der Waals surface area contributed by atoms with E-state index in [2.05, 4.69) is 18.0 Å². The SMILES string of the molecule is CC12CC=CN=CC1N=C(C1CCCCC1)S2. The Morgan fingerprint density at radius 3 is 2.94 bits per heavy atom. The molecule has 0 N–H and O–H groups in total. The molecule has 2 heterocycles. The second-order valence-electron chi connectivity index (χ2n) is 5.55. The van der Waals surface area contributed by atoms with Gasteiger partial charge in [0, 0.05) is 23.1 Å². The van der Waals surface area contributed by atoms with E-state index in [-0.39, 0.29) is 4.75 Å². The van der Waals surface area contributed by atoms with Crippen LogP contribution in [0.15, 0.2) is 22.3 Å². The molecule has 0 radical (unpaired) electrons. The number of rotatable bonds is 1. The van der Waals surface area contributed by atoms with Gasteiger partial charge in [-0.15, -0.1) is 11.8 Å². The van der Waals surface area contributed by atoms with Gasteiger partial charge in [-0.2, -0.15) is 0 Å². The smallest absolute Gasteiger partial charge is 0.101 e. The minimum atomic E-state index is 0.225. The van der Waals surface area contributed by atoms with Crippen LogP contribution in [0.5, 0.6) is 0 Å². The van der Waals surface area contributed by atoms with Crippen LogP contribution < -0.4 is 0 Å². The van der Waals surface area contributed by atoms with Gasteiger partial charge in [-0.05, 0) is 26.2 Å². The molecule has 0 aromatic heterocycles. The van der Waals surface area contributed by atoms with Crippen LogP contribution >= 0.6 is 11.8 Å². The third kappa shape index (κ3) is 2.22. The Bertz CT molecular complexity index is 380. The van der Waals surface area contributed by atoms with Crippen molar-refractivity contribution < 1.29 is 0 Å². The molecule has 1 fully saturated rings. The van der Waals surface area contributed by atoms with Crippen molar-refractivity contribution in [1.29, 1.82) is 0 Å². The molecule has 0 spiro atoms. The van der Waals surface area contributed by atoms with Gasteiger partial charge in [-0.3, -0.25) is 9.98 Å². The predicted octanol–water partition coefficient (Wildman–Crippen LogP) is 3.83. The van der Waals surface area contributed by atoms with Crippen molar-refractivity contribution in [2.24, 2.45) is 15.9 Å². The molecular formula is C14H20N2S. The van der Waals surface area contributed by atoms with Crippen LogP contribution in [0.1, 0.15) is 45.4 Å². The van der Waals surface area contributed by atoms with E-state index in [1.807, 2.05) is 24.2 Å². The fraction of sp³-hybridized carbons (Fsp3) is 0.714. The van der Waals surface area contributed by atoms with Gasteiger partial charge in [-0.25, -0.2) is 0 Å². The first-order valence-electron chi connectivity index (χ1n) is 6.73. The zero-order valence-corrected chi connectivity index (χ0v) is 11.2. The van der Waals surface area contributed by atoms with Gasteiger partial charge in [-0.1, -0.05) is 25.3 Å². The average molecular weight is 248 g/mol. The molecule has 17 heavy (non-hydrogen) atoms. The number of nitrogens with zero attached hydrogens (tertiary/aromatic N) is 2. The van der Waals surface area contributed by atoms with Gasteiger partial charge in [0.2, 0.25) is 0 Å². The summed E-state index contributed by atoms with van der Waals surface area (Å²) in [6.07, 6.45) is 14.1. The Hall–Kier alpha value is -0.570. The molecule has 0 saturated heterocycles. The van der Waals surface area contributed by atoms with Crippen molar-refractivity contribution >= 4 is 23.0 Å². The summed E-state index contributed by atoms with van der Waals surface area (Å²) in [6.45, 7) is 2.34. The van der Waals surface area contributed by atoms with Crippen molar-refractivity contribution in [3.63, 3.8) is 0 Å². The van der Waals surface area contributed by atoms with E-state index >= 15 is 0 Å². The Morgan fingerprint density at radius 1 is 1.29 bits per heavy atom. The molecule has 3 heteroatoms. The van der Waals surface area contributed by atoms with E-state index < -0.39 is 0 Å². The molecule has 92 valence electrons.